The van der Waals surface area contributed by atoms with Gasteiger partial charge in [-0.15, -0.1) is 5.10 Å². The smallest absolute Gasteiger partial charge is 0.192 e. The van der Waals surface area contributed by atoms with Gasteiger partial charge in [0.25, 0.3) is 0 Å². The van der Waals surface area contributed by atoms with Crippen LogP contribution in [0.1, 0.15) is 12.5 Å². The zero-order valence-corrected chi connectivity index (χ0v) is 18.1. The minimum Gasteiger partial charge on any atom is -0.392 e. The van der Waals surface area contributed by atoms with E-state index in [0.29, 0.717) is 42.5 Å². The van der Waals surface area contributed by atoms with Crippen molar-refractivity contribution in [1.82, 2.24) is 19.6 Å². The summed E-state index contributed by atoms with van der Waals surface area (Å²) in [5.41, 5.74) is 2.91. The average molecular weight is 442 g/mol. The summed E-state index contributed by atoms with van der Waals surface area (Å²) in [4.78, 5) is 10.2. The number of aromatic amines is 1. The molecule has 2 N–H and O–H groups in total. The number of hydrogen-bond acceptors (Lipinski definition) is 7. The molecule has 0 aliphatic carbocycles. The van der Waals surface area contributed by atoms with Gasteiger partial charge in [0.15, 0.2) is 26.5 Å². The molecule has 4 heterocycles. The van der Waals surface area contributed by atoms with Gasteiger partial charge in [0.1, 0.15) is 5.52 Å². The number of anilines is 1. The second-order valence-electron chi connectivity index (χ2n) is 7.86. The van der Waals surface area contributed by atoms with Gasteiger partial charge in [-0.05, 0) is 42.8 Å². The third kappa shape index (κ3) is 3.36. The number of benzene rings is 1. The first-order chi connectivity index (χ1) is 14.9. The Hall–Kier alpha value is -2.95. The Labute approximate surface area is 179 Å². The van der Waals surface area contributed by atoms with E-state index in [1.807, 2.05) is 24.4 Å². The predicted octanol–water partition coefficient (Wildman–Crippen LogP) is 2.00. The molecule has 10 heteroatoms. The highest BCUT2D eigenvalue weighted by molar-refractivity contribution is 7.90. The maximum absolute atomic E-state index is 12.4. The number of ether oxygens (including phenoxy) is 1. The van der Waals surface area contributed by atoms with Gasteiger partial charge in [0, 0.05) is 35.5 Å². The van der Waals surface area contributed by atoms with E-state index in [2.05, 4.69) is 21.9 Å². The SMILES string of the molecule is C[C@@H]1COCCN1c1nc(-c2cc(CO)cc3[nH]ccc23)nn2c(S(C)(=O)=O)ccc12. The third-order valence-electron chi connectivity index (χ3n) is 5.63. The normalized spacial score (nSPS) is 17.6. The highest BCUT2D eigenvalue weighted by Crippen LogP contribution is 2.32. The summed E-state index contributed by atoms with van der Waals surface area (Å²) in [6.07, 6.45) is 2.99. The number of aliphatic hydroxyl groups is 1. The molecule has 162 valence electrons. The Morgan fingerprint density at radius 3 is 2.87 bits per heavy atom. The summed E-state index contributed by atoms with van der Waals surface area (Å²) < 4.78 is 31.9. The number of sulfone groups is 1. The highest BCUT2D eigenvalue weighted by atomic mass is 32.2. The van der Waals surface area contributed by atoms with Crippen LogP contribution in [-0.4, -0.2) is 65.2 Å². The van der Waals surface area contributed by atoms with E-state index in [-0.39, 0.29) is 17.7 Å². The number of aliphatic hydroxyl groups excluding tert-OH is 1. The van der Waals surface area contributed by atoms with E-state index in [9.17, 15) is 13.5 Å². The highest BCUT2D eigenvalue weighted by Gasteiger charge is 2.26. The molecule has 1 saturated heterocycles. The second-order valence-corrected chi connectivity index (χ2v) is 9.82. The van der Waals surface area contributed by atoms with Crippen LogP contribution in [0, 0.1) is 0 Å². The van der Waals surface area contributed by atoms with Crippen molar-refractivity contribution < 1.29 is 18.3 Å². The van der Waals surface area contributed by atoms with Crippen molar-refractivity contribution in [2.24, 2.45) is 0 Å². The molecule has 0 spiro atoms. The maximum atomic E-state index is 12.4. The molecule has 1 aliphatic heterocycles. The Morgan fingerprint density at radius 1 is 1.29 bits per heavy atom. The van der Waals surface area contributed by atoms with Gasteiger partial charge >= 0.3 is 0 Å². The zero-order chi connectivity index (χ0) is 21.8. The zero-order valence-electron chi connectivity index (χ0n) is 17.2. The molecule has 1 aliphatic rings. The molecule has 5 rings (SSSR count). The Morgan fingerprint density at radius 2 is 2.13 bits per heavy atom. The van der Waals surface area contributed by atoms with Crippen molar-refractivity contribution in [3.63, 3.8) is 0 Å². The molecule has 0 amide bonds. The quantitative estimate of drug-likeness (QED) is 0.498. The largest absolute Gasteiger partial charge is 0.392 e. The van der Waals surface area contributed by atoms with Gasteiger partial charge in [-0.1, -0.05) is 0 Å². The van der Waals surface area contributed by atoms with Crippen molar-refractivity contribution in [3.05, 3.63) is 42.1 Å². The number of aromatic nitrogens is 4. The first-order valence-electron chi connectivity index (χ1n) is 10.0. The number of H-pyrrole nitrogens is 1. The summed E-state index contributed by atoms with van der Waals surface area (Å²) in [5, 5.41) is 15.4. The summed E-state index contributed by atoms with van der Waals surface area (Å²) in [7, 11) is -3.51. The molecule has 1 fully saturated rings. The standard InChI is InChI=1S/C21H23N5O4S/c1-13-12-30-8-7-25(13)21-18-3-4-19(31(2,28)29)26(18)24-20(23-21)16-9-14(11-27)10-17-15(16)5-6-22-17/h3-6,9-10,13,22,27H,7-8,11-12H2,1-2H3/t13-/m1/s1. The summed E-state index contributed by atoms with van der Waals surface area (Å²) >= 11 is 0. The lowest BCUT2D eigenvalue weighted by Gasteiger charge is -2.34. The van der Waals surface area contributed by atoms with E-state index >= 15 is 0 Å². The molecule has 0 bridgehead atoms. The molecule has 1 aromatic carbocycles. The molecule has 3 aromatic heterocycles. The van der Waals surface area contributed by atoms with Crippen LogP contribution >= 0.6 is 0 Å². The Bertz CT molecular complexity index is 1390. The number of nitrogens with one attached hydrogen (secondary N) is 1. The van der Waals surface area contributed by atoms with Gasteiger partial charge in [0.05, 0.1) is 25.9 Å². The molecule has 0 radical (unpaired) electrons. The fourth-order valence-corrected chi connectivity index (χ4v) is 4.88. The van der Waals surface area contributed by atoms with E-state index in [0.717, 1.165) is 16.5 Å². The lowest BCUT2D eigenvalue weighted by atomic mass is 10.1. The van der Waals surface area contributed by atoms with Gasteiger partial charge in [0.2, 0.25) is 0 Å². The maximum Gasteiger partial charge on any atom is 0.192 e. The van der Waals surface area contributed by atoms with Gasteiger partial charge in [-0.2, -0.15) is 0 Å². The third-order valence-corrected chi connectivity index (χ3v) is 6.70. The van der Waals surface area contributed by atoms with Crippen LogP contribution in [-0.2, 0) is 21.2 Å². The molecule has 1 atom stereocenters. The molecule has 0 unspecified atom stereocenters. The van der Waals surface area contributed by atoms with E-state index in [1.165, 1.54) is 10.8 Å². The fraction of sp³-hybridized carbons (Fsp3) is 0.333. The van der Waals surface area contributed by atoms with Gasteiger partial charge < -0.3 is 19.7 Å². The minimum absolute atomic E-state index is 0.0768. The van der Waals surface area contributed by atoms with Crippen molar-refractivity contribution in [1.29, 1.82) is 0 Å². The monoisotopic (exact) mass is 441 g/mol. The van der Waals surface area contributed by atoms with Crippen LogP contribution in [0.15, 0.2) is 41.6 Å². The predicted molar refractivity (Wildman–Crippen MR) is 117 cm³/mol. The summed E-state index contributed by atoms with van der Waals surface area (Å²) in [6, 6.07) is 9.02. The lowest BCUT2D eigenvalue weighted by Crippen LogP contribution is -2.44. The fourth-order valence-electron chi connectivity index (χ4n) is 4.11. The van der Waals surface area contributed by atoms with Crippen LogP contribution in [0.5, 0.6) is 0 Å². The number of hydrogen-bond donors (Lipinski definition) is 2. The van der Waals surface area contributed by atoms with Gasteiger partial charge in [-0.3, -0.25) is 0 Å². The first kappa shape index (κ1) is 20.0. The molecule has 4 aromatic rings. The molecule has 0 saturated carbocycles. The summed E-state index contributed by atoms with van der Waals surface area (Å²) in [6.45, 7) is 3.69. The molecule has 31 heavy (non-hydrogen) atoms. The Kier molecular flexibility index (Phi) is 4.72. The first-order valence-corrected chi connectivity index (χ1v) is 11.9. The molecular weight excluding hydrogens is 418 g/mol. The second kappa shape index (κ2) is 7.33. The number of morpholine rings is 1. The van der Waals surface area contributed by atoms with Crippen molar-refractivity contribution >= 4 is 32.1 Å². The average Bonchev–Trinajstić information content (AvgIpc) is 3.39. The van der Waals surface area contributed by atoms with Crippen LogP contribution in [0.3, 0.4) is 0 Å². The summed E-state index contributed by atoms with van der Waals surface area (Å²) in [5.74, 6) is 1.05. The van der Waals surface area contributed by atoms with Crippen LogP contribution < -0.4 is 4.90 Å². The number of nitrogens with zero attached hydrogens (tertiary/aromatic N) is 4. The van der Waals surface area contributed by atoms with E-state index in [1.54, 1.807) is 12.1 Å². The number of rotatable bonds is 4. The van der Waals surface area contributed by atoms with E-state index < -0.39 is 9.84 Å². The van der Waals surface area contributed by atoms with Crippen LogP contribution in [0.2, 0.25) is 0 Å². The van der Waals surface area contributed by atoms with E-state index in [4.69, 9.17) is 9.72 Å². The minimum atomic E-state index is -3.51. The van der Waals surface area contributed by atoms with Crippen molar-refractivity contribution in [3.8, 4) is 11.4 Å². The van der Waals surface area contributed by atoms with Crippen LogP contribution in [0.4, 0.5) is 5.82 Å². The molecule has 9 nitrogen and oxygen atoms in total. The topological polar surface area (TPSA) is 113 Å². The lowest BCUT2D eigenvalue weighted by molar-refractivity contribution is 0.0986. The van der Waals surface area contributed by atoms with Crippen molar-refractivity contribution in [2.75, 3.05) is 30.9 Å². The Balaban J connectivity index is 1.83. The van der Waals surface area contributed by atoms with Crippen LogP contribution in [0.25, 0.3) is 27.8 Å². The number of fused-ring (bicyclic) bond motifs is 2. The van der Waals surface area contributed by atoms with Gasteiger partial charge in [-0.25, -0.2) is 17.9 Å². The molecular formula is C21H23N5O4S. The van der Waals surface area contributed by atoms with Crippen molar-refractivity contribution in [2.45, 2.75) is 24.6 Å².